The number of rotatable bonds is 7. The predicted octanol–water partition coefficient (Wildman–Crippen LogP) is 3.86. The monoisotopic (exact) mass is 291 g/mol. The number of aromatic nitrogens is 2. The van der Waals surface area contributed by atoms with Crippen molar-refractivity contribution in [1.29, 1.82) is 0 Å². The maximum absolute atomic E-state index is 4.63. The van der Waals surface area contributed by atoms with Crippen molar-refractivity contribution in [3.63, 3.8) is 0 Å². The molecule has 0 aliphatic rings. The Hall–Kier alpha value is -1.13. The van der Waals surface area contributed by atoms with Crippen molar-refractivity contribution in [3.05, 3.63) is 40.1 Å². The highest BCUT2D eigenvalue weighted by Gasteiger charge is 2.15. The van der Waals surface area contributed by atoms with Crippen molar-refractivity contribution >= 4 is 11.3 Å². The minimum absolute atomic E-state index is 0.433. The second-order valence-corrected chi connectivity index (χ2v) is 6.43. The molecule has 0 amide bonds. The highest BCUT2D eigenvalue weighted by atomic mass is 32.1. The van der Waals surface area contributed by atoms with Crippen molar-refractivity contribution in [2.75, 3.05) is 6.54 Å². The van der Waals surface area contributed by atoms with Gasteiger partial charge in [-0.3, -0.25) is 0 Å². The van der Waals surface area contributed by atoms with E-state index >= 15 is 0 Å². The number of hydrogen-bond donors (Lipinski definition) is 1. The number of nitrogens with one attached hydrogen (secondary N) is 1. The predicted molar refractivity (Wildman–Crippen MR) is 86.3 cm³/mol. The maximum atomic E-state index is 4.63. The van der Waals surface area contributed by atoms with Crippen LogP contribution >= 0.6 is 11.3 Å². The zero-order valence-electron chi connectivity index (χ0n) is 12.9. The van der Waals surface area contributed by atoms with E-state index in [-0.39, 0.29) is 0 Å². The van der Waals surface area contributed by atoms with E-state index in [0.29, 0.717) is 12.0 Å². The lowest BCUT2D eigenvalue weighted by Gasteiger charge is -2.20. The van der Waals surface area contributed by atoms with Gasteiger partial charge < -0.3 is 9.88 Å². The second kappa shape index (κ2) is 7.04. The SMILES string of the molecule is CCNC(c1ccn(Cc2csc(CC)n2)c1)C(C)C. The molecule has 0 aromatic carbocycles. The van der Waals surface area contributed by atoms with E-state index in [4.69, 9.17) is 0 Å². The molecule has 0 bridgehead atoms. The van der Waals surface area contributed by atoms with Gasteiger partial charge in [0.2, 0.25) is 0 Å². The van der Waals surface area contributed by atoms with Crippen LogP contribution in [0.3, 0.4) is 0 Å². The first kappa shape index (κ1) is 15.3. The molecule has 0 aliphatic heterocycles. The average Bonchev–Trinajstić information content (AvgIpc) is 3.05. The molecular formula is C16H25N3S. The summed E-state index contributed by atoms with van der Waals surface area (Å²) in [4.78, 5) is 4.63. The lowest BCUT2D eigenvalue weighted by molar-refractivity contribution is 0.421. The van der Waals surface area contributed by atoms with E-state index in [1.54, 1.807) is 11.3 Å². The fourth-order valence-electron chi connectivity index (χ4n) is 2.47. The first-order valence-electron chi connectivity index (χ1n) is 7.46. The molecule has 2 rings (SSSR count). The zero-order valence-corrected chi connectivity index (χ0v) is 13.7. The molecule has 0 aliphatic carbocycles. The highest BCUT2D eigenvalue weighted by molar-refractivity contribution is 7.09. The lowest BCUT2D eigenvalue weighted by Crippen LogP contribution is -2.25. The third kappa shape index (κ3) is 3.70. The standard InChI is InChI=1S/C16H25N3S/c1-5-15-18-14(11-20-15)10-19-8-7-13(9-19)16(12(3)4)17-6-2/h7-9,11-12,16-17H,5-6,10H2,1-4H3. The van der Waals surface area contributed by atoms with Gasteiger partial charge in [0.25, 0.3) is 0 Å². The number of aryl methyl sites for hydroxylation is 1. The normalized spacial score (nSPS) is 13.1. The Labute approximate surface area is 126 Å². The molecule has 2 aromatic rings. The van der Waals surface area contributed by atoms with Crippen LogP contribution in [0.5, 0.6) is 0 Å². The fourth-order valence-corrected chi connectivity index (χ4v) is 3.21. The summed E-state index contributed by atoms with van der Waals surface area (Å²) in [5.41, 5.74) is 2.53. The van der Waals surface area contributed by atoms with Crippen LogP contribution in [0.1, 0.15) is 50.0 Å². The molecule has 0 spiro atoms. The second-order valence-electron chi connectivity index (χ2n) is 5.48. The fraction of sp³-hybridized carbons (Fsp3) is 0.562. The molecule has 4 heteroatoms. The van der Waals surface area contributed by atoms with E-state index in [9.17, 15) is 0 Å². The topological polar surface area (TPSA) is 29.9 Å². The maximum Gasteiger partial charge on any atom is 0.0926 e. The highest BCUT2D eigenvalue weighted by Crippen LogP contribution is 2.22. The average molecular weight is 291 g/mol. The van der Waals surface area contributed by atoms with Gasteiger partial charge in [-0.15, -0.1) is 11.3 Å². The molecule has 2 heterocycles. The van der Waals surface area contributed by atoms with Crippen molar-refractivity contribution in [2.45, 2.75) is 46.7 Å². The van der Waals surface area contributed by atoms with Gasteiger partial charge in [0.15, 0.2) is 0 Å². The van der Waals surface area contributed by atoms with Gasteiger partial charge in [0.1, 0.15) is 0 Å². The van der Waals surface area contributed by atoms with Crippen LogP contribution < -0.4 is 5.32 Å². The Morgan fingerprint density at radius 3 is 2.75 bits per heavy atom. The molecule has 3 nitrogen and oxygen atoms in total. The lowest BCUT2D eigenvalue weighted by atomic mass is 9.98. The summed E-state index contributed by atoms with van der Waals surface area (Å²) >= 11 is 1.76. The molecular weight excluding hydrogens is 266 g/mol. The summed E-state index contributed by atoms with van der Waals surface area (Å²) in [6.07, 6.45) is 5.43. The Morgan fingerprint density at radius 2 is 2.15 bits per heavy atom. The van der Waals surface area contributed by atoms with Gasteiger partial charge in [0.05, 0.1) is 17.2 Å². The van der Waals surface area contributed by atoms with Crippen molar-refractivity contribution in [1.82, 2.24) is 14.9 Å². The Kier molecular flexibility index (Phi) is 5.38. The third-order valence-corrected chi connectivity index (χ3v) is 4.51. The molecule has 1 atom stereocenters. The van der Waals surface area contributed by atoms with E-state index in [2.05, 4.69) is 66.4 Å². The van der Waals surface area contributed by atoms with Crippen LogP contribution in [0.15, 0.2) is 23.8 Å². The van der Waals surface area contributed by atoms with E-state index in [1.807, 2.05) is 0 Å². The molecule has 1 N–H and O–H groups in total. The molecule has 0 saturated heterocycles. The van der Waals surface area contributed by atoms with Gasteiger partial charge in [-0.1, -0.05) is 27.7 Å². The van der Waals surface area contributed by atoms with Gasteiger partial charge in [-0.2, -0.15) is 0 Å². The first-order valence-corrected chi connectivity index (χ1v) is 8.34. The van der Waals surface area contributed by atoms with Crippen molar-refractivity contribution < 1.29 is 0 Å². The van der Waals surface area contributed by atoms with E-state index in [0.717, 1.165) is 19.5 Å². The zero-order chi connectivity index (χ0) is 14.5. The summed E-state index contributed by atoms with van der Waals surface area (Å²) < 4.78 is 2.23. The van der Waals surface area contributed by atoms with Crippen molar-refractivity contribution in [3.8, 4) is 0 Å². The number of thiazole rings is 1. The summed E-state index contributed by atoms with van der Waals surface area (Å²) in [6, 6.07) is 2.66. The van der Waals surface area contributed by atoms with Gasteiger partial charge >= 0.3 is 0 Å². The molecule has 0 saturated carbocycles. The molecule has 2 aromatic heterocycles. The Morgan fingerprint density at radius 1 is 1.35 bits per heavy atom. The van der Waals surface area contributed by atoms with Crippen LogP contribution in [0.4, 0.5) is 0 Å². The molecule has 0 radical (unpaired) electrons. The Bertz CT molecular complexity index is 527. The first-order chi connectivity index (χ1) is 9.63. The minimum Gasteiger partial charge on any atom is -0.348 e. The molecule has 20 heavy (non-hydrogen) atoms. The van der Waals surface area contributed by atoms with Crippen LogP contribution in [-0.4, -0.2) is 16.1 Å². The quantitative estimate of drug-likeness (QED) is 0.839. The molecule has 110 valence electrons. The number of hydrogen-bond acceptors (Lipinski definition) is 3. The van der Waals surface area contributed by atoms with Crippen molar-refractivity contribution in [2.24, 2.45) is 5.92 Å². The van der Waals surface area contributed by atoms with Gasteiger partial charge in [-0.05, 0) is 30.5 Å². The largest absolute Gasteiger partial charge is 0.348 e. The van der Waals surface area contributed by atoms with Gasteiger partial charge in [-0.25, -0.2) is 4.98 Å². The van der Waals surface area contributed by atoms with E-state index < -0.39 is 0 Å². The summed E-state index contributed by atoms with van der Waals surface area (Å²) in [7, 11) is 0. The summed E-state index contributed by atoms with van der Waals surface area (Å²) in [5, 5.41) is 6.95. The van der Waals surface area contributed by atoms with Crippen LogP contribution in [-0.2, 0) is 13.0 Å². The summed E-state index contributed by atoms with van der Waals surface area (Å²) in [6.45, 7) is 10.7. The van der Waals surface area contributed by atoms with Gasteiger partial charge in [0, 0.05) is 23.8 Å². The molecule has 0 fully saturated rings. The van der Waals surface area contributed by atoms with Crippen LogP contribution in [0.2, 0.25) is 0 Å². The number of nitrogens with zero attached hydrogens (tertiary/aromatic N) is 2. The van der Waals surface area contributed by atoms with Crippen LogP contribution in [0.25, 0.3) is 0 Å². The third-order valence-electron chi connectivity index (χ3n) is 3.47. The minimum atomic E-state index is 0.433. The van der Waals surface area contributed by atoms with Crippen LogP contribution in [0, 0.1) is 5.92 Å². The van der Waals surface area contributed by atoms with E-state index in [1.165, 1.54) is 16.3 Å². The molecule has 1 unspecified atom stereocenters. The Balaban J connectivity index is 2.07. The summed E-state index contributed by atoms with van der Waals surface area (Å²) in [5.74, 6) is 0.594. The smallest absolute Gasteiger partial charge is 0.0926 e.